The first-order valence-corrected chi connectivity index (χ1v) is 8.74. The Labute approximate surface area is 98.3 Å². The third kappa shape index (κ3) is 14.3. The van der Waals surface area contributed by atoms with Crippen LogP contribution in [0, 0.1) is 0 Å². The third-order valence-corrected chi connectivity index (χ3v) is 4.19. The van der Waals surface area contributed by atoms with E-state index in [0.29, 0.717) is 5.75 Å². The van der Waals surface area contributed by atoms with Crippen molar-refractivity contribution in [2.24, 2.45) is 0 Å². The molecule has 0 rings (SSSR count). The highest BCUT2D eigenvalue weighted by Gasteiger charge is 2.00. The summed E-state index contributed by atoms with van der Waals surface area (Å²) in [5, 5.41) is 3.35. The molecule has 0 radical (unpaired) electrons. The quantitative estimate of drug-likeness (QED) is 0.600. The number of hydrogen-bond acceptors (Lipinski definition) is 4. The van der Waals surface area contributed by atoms with Gasteiger partial charge in [0.1, 0.15) is 9.84 Å². The zero-order valence-corrected chi connectivity index (χ0v) is 11.4. The van der Waals surface area contributed by atoms with Gasteiger partial charge in [-0.25, -0.2) is 8.42 Å². The van der Waals surface area contributed by atoms with Crippen LogP contribution in [0.2, 0.25) is 0 Å². The number of rotatable bonds is 10. The summed E-state index contributed by atoms with van der Waals surface area (Å²) in [6, 6.07) is 0. The predicted molar refractivity (Wildman–Crippen MR) is 69.4 cm³/mol. The smallest absolute Gasteiger partial charge is 0.148 e. The van der Waals surface area contributed by atoms with Crippen molar-refractivity contribution >= 4 is 21.6 Å². The van der Waals surface area contributed by atoms with Crippen molar-refractivity contribution in [3.63, 3.8) is 0 Å². The molecule has 0 unspecified atom stereocenters. The number of thioether (sulfide) groups is 1. The lowest BCUT2D eigenvalue weighted by molar-refractivity contribution is 0.603. The summed E-state index contributed by atoms with van der Waals surface area (Å²) in [6.07, 6.45) is 4.84. The molecule has 0 fully saturated rings. The Morgan fingerprint density at radius 2 is 1.87 bits per heavy atom. The van der Waals surface area contributed by atoms with Crippen LogP contribution < -0.4 is 5.32 Å². The van der Waals surface area contributed by atoms with Crippen LogP contribution in [0.1, 0.15) is 26.2 Å². The molecule has 0 saturated heterocycles. The summed E-state index contributed by atoms with van der Waals surface area (Å²) in [7, 11) is -2.76. The minimum atomic E-state index is -2.76. The van der Waals surface area contributed by atoms with Crippen LogP contribution in [-0.4, -0.2) is 45.0 Å². The van der Waals surface area contributed by atoms with E-state index >= 15 is 0 Å². The topological polar surface area (TPSA) is 46.2 Å². The minimum Gasteiger partial charge on any atom is -0.317 e. The van der Waals surface area contributed by atoms with Crippen LogP contribution in [0.3, 0.4) is 0 Å². The third-order valence-electron chi connectivity index (χ3n) is 1.92. The maximum absolute atomic E-state index is 10.8. The molecule has 0 atom stereocenters. The normalized spacial score (nSPS) is 11.9. The SMILES string of the molecule is CCCNCCCCSCCS(C)(=O)=O. The van der Waals surface area contributed by atoms with Crippen LogP contribution >= 0.6 is 11.8 Å². The van der Waals surface area contributed by atoms with Crippen molar-refractivity contribution in [1.29, 1.82) is 0 Å². The molecule has 1 N–H and O–H groups in total. The van der Waals surface area contributed by atoms with E-state index in [1.807, 2.05) is 0 Å². The molecule has 0 spiro atoms. The number of hydrogen-bond donors (Lipinski definition) is 1. The van der Waals surface area contributed by atoms with Crippen LogP contribution in [0.4, 0.5) is 0 Å². The Bertz CT molecular complexity index is 228. The molecule has 0 heterocycles. The summed E-state index contributed by atoms with van der Waals surface area (Å²) in [5.74, 6) is 2.12. The van der Waals surface area contributed by atoms with E-state index in [1.54, 1.807) is 11.8 Å². The molecule has 5 heteroatoms. The van der Waals surface area contributed by atoms with Crippen LogP contribution in [0.25, 0.3) is 0 Å². The van der Waals surface area contributed by atoms with Gasteiger partial charge >= 0.3 is 0 Å². The Kier molecular flexibility index (Phi) is 9.65. The molecule has 0 aromatic rings. The first-order valence-electron chi connectivity index (χ1n) is 5.52. The second-order valence-corrected chi connectivity index (χ2v) is 7.18. The molecule has 0 aromatic heterocycles. The molecule has 0 aliphatic rings. The molecule has 0 amide bonds. The van der Waals surface area contributed by atoms with Crippen molar-refractivity contribution in [2.45, 2.75) is 26.2 Å². The van der Waals surface area contributed by atoms with E-state index in [4.69, 9.17) is 0 Å². The molecule has 0 aliphatic heterocycles. The molecule has 0 bridgehead atoms. The van der Waals surface area contributed by atoms with Gasteiger partial charge in [0.2, 0.25) is 0 Å². The van der Waals surface area contributed by atoms with E-state index in [9.17, 15) is 8.42 Å². The van der Waals surface area contributed by atoms with Gasteiger partial charge in [-0.15, -0.1) is 0 Å². The summed E-state index contributed by atoms with van der Waals surface area (Å²) in [6.45, 7) is 4.34. The first-order chi connectivity index (χ1) is 7.06. The van der Waals surface area contributed by atoms with Gasteiger partial charge in [0.25, 0.3) is 0 Å². The summed E-state index contributed by atoms with van der Waals surface area (Å²) in [5.41, 5.74) is 0. The van der Waals surface area contributed by atoms with E-state index < -0.39 is 9.84 Å². The lowest BCUT2D eigenvalue weighted by Gasteiger charge is -2.02. The van der Waals surface area contributed by atoms with Gasteiger partial charge in [-0.2, -0.15) is 11.8 Å². The lowest BCUT2D eigenvalue weighted by Crippen LogP contribution is -2.15. The van der Waals surface area contributed by atoms with Crippen LogP contribution in [0.15, 0.2) is 0 Å². The first kappa shape index (κ1) is 15.3. The molecule has 0 aliphatic carbocycles. The molecule has 0 aromatic carbocycles. The fraction of sp³-hybridized carbons (Fsp3) is 1.00. The molecule has 0 saturated carbocycles. The maximum atomic E-state index is 10.8. The fourth-order valence-electron chi connectivity index (χ4n) is 1.07. The van der Waals surface area contributed by atoms with E-state index in [2.05, 4.69) is 12.2 Å². The van der Waals surface area contributed by atoms with Gasteiger partial charge in [-0.1, -0.05) is 6.92 Å². The second kappa shape index (κ2) is 9.48. The van der Waals surface area contributed by atoms with E-state index in [1.165, 1.54) is 25.5 Å². The highest BCUT2D eigenvalue weighted by molar-refractivity contribution is 8.00. The standard InChI is InChI=1S/C10H23NO2S2/c1-3-6-11-7-4-5-8-14-9-10-15(2,12)13/h11H,3-10H2,1-2H3. The maximum Gasteiger partial charge on any atom is 0.148 e. The lowest BCUT2D eigenvalue weighted by atomic mass is 10.3. The largest absolute Gasteiger partial charge is 0.317 e. The fourth-order valence-corrected chi connectivity index (χ4v) is 3.36. The van der Waals surface area contributed by atoms with Crippen molar-refractivity contribution in [3.8, 4) is 0 Å². The van der Waals surface area contributed by atoms with Crippen molar-refractivity contribution in [3.05, 3.63) is 0 Å². The van der Waals surface area contributed by atoms with E-state index in [0.717, 1.165) is 24.6 Å². The van der Waals surface area contributed by atoms with Crippen molar-refractivity contribution in [2.75, 3.05) is 36.6 Å². The van der Waals surface area contributed by atoms with Crippen molar-refractivity contribution in [1.82, 2.24) is 5.32 Å². The van der Waals surface area contributed by atoms with Crippen LogP contribution in [0.5, 0.6) is 0 Å². The Hall–Kier alpha value is 0.260. The molecule has 3 nitrogen and oxygen atoms in total. The van der Waals surface area contributed by atoms with Gasteiger partial charge < -0.3 is 5.32 Å². The monoisotopic (exact) mass is 253 g/mol. The average molecular weight is 253 g/mol. The second-order valence-electron chi connectivity index (χ2n) is 3.70. The zero-order valence-electron chi connectivity index (χ0n) is 9.79. The summed E-state index contributed by atoms with van der Waals surface area (Å²) >= 11 is 1.74. The summed E-state index contributed by atoms with van der Waals surface area (Å²) < 4.78 is 21.6. The van der Waals surface area contributed by atoms with Gasteiger partial charge in [0.15, 0.2) is 0 Å². The summed E-state index contributed by atoms with van der Waals surface area (Å²) in [4.78, 5) is 0. The van der Waals surface area contributed by atoms with Gasteiger partial charge in [-0.3, -0.25) is 0 Å². The highest BCUT2D eigenvalue weighted by Crippen LogP contribution is 2.04. The van der Waals surface area contributed by atoms with Crippen LogP contribution in [-0.2, 0) is 9.84 Å². The zero-order chi connectivity index (χ0) is 11.6. The van der Waals surface area contributed by atoms with Gasteiger partial charge in [-0.05, 0) is 38.1 Å². The van der Waals surface area contributed by atoms with Crippen molar-refractivity contribution < 1.29 is 8.42 Å². The Morgan fingerprint density at radius 3 is 2.47 bits per heavy atom. The number of nitrogens with one attached hydrogen (secondary N) is 1. The number of unbranched alkanes of at least 4 members (excludes halogenated alkanes) is 1. The minimum absolute atomic E-state index is 0.311. The van der Waals surface area contributed by atoms with E-state index in [-0.39, 0.29) is 0 Å². The molecular weight excluding hydrogens is 230 g/mol. The van der Waals surface area contributed by atoms with Gasteiger partial charge in [0.05, 0.1) is 5.75 Å². The molecular formula is C10H23NO2S2. The Balaban J connectivity index is 3.06. The molecule has 15 heavy (non-hydrogen) atoms. The highest BCUT2D eigenvalue weighted by atomic mass is 32.2. The molecule has 92 valence electrons. The Morgan fingerprint density at radius 1 is 1.13 bits per heavy atom. The average Bonchev–Trinajstić information content (AvgIpc) is 2.14. The predicted octanol–water partition coefficient (Wildman–Crippen LogP) is 1.54. The number of sulfone groups is 1. The van der Waals surface area contributed by atoms with Gasteiger partial charge in [0, 0.05) is 12.0 Å².